The van der Waals surface area contributed by atoms with Crippen LogP contribution in [0, 0.1) is 0 Å². The molecule has 0 spiro atoms. The number of hydrogen-bond donors (Lipinski definition) is 1. The van der Waals surface area contributed by atoms with Gasteiger partial charge in [-0.25, -0.2) is 0 Å². The van der Waals surface area contributed by atoms with Crippen LogP contribution in [0.25, 0.3) is 0 Å². The summed E-state index contributed by atoms with van der Waals surface area (Å²) >= 11 is 0. The maximum Gasteiger partial charge on any atom is 0.216 e. The Hall–Kier alpha value is -1.29. The van der Waals surface area contributed by atoms with E-state index in [9.17, 15) is 0 Å². The summed E-state index contributed by atoms with van der Waals surface area (Å²) in [5.41, 5.74) is 0. The van der Waals surface area contributed by atoms with Crippen molar-refractivity contribution in [2.75, 3.05) is 7.11 Å². The third-order valence-corrected chi connectivity index (χ3v) is 3.62. The molecule has 2 unspecified atom stereocenters. The number of nitrogens with one attached hydrogen (secondary N) is 1. The lowest BCUT2D eigenvalue weighted by Gasteiger charge is -2.29. The van der Waals surface area contributed by atoms with Gasteiger partial charge < -0.3 is 14.8 Å². The Morgan fingerprint density at radius 2 is 1.88 bits per heavy atom. The van der Waals surface area contributed by atoms with Gasteiger partial charge in [0.15, 0.2) is 0 Å². The van der Waals surface area contributed by atoms with Gasteiger partial charge in [0, 0.05) is 24.2 Å². The predicted octanol–water partition coefficient (Wildman–Crippen LogP) is 1.75. The molecule has 0 amide bonds. The maximum absolute atomic E-state index is 5.95. The van der Waals surface area contributed by atoms with Crippen molar-refractivity contribution in [2.24, 2.45) is 0 Å². The standard InChI is InChI=1S/C13H18N2O2/c1-16-12-3-2-4-13(15-12)17-11-7-9-5-6-10(8-11)14-9/h2-4,9-11,14H,5-8H2,1H3. The highest BCUT2D eigenvalue weighted by atomic mass is 16.5. The van der Waals surface area contributed by atoms with Crippen LogP contribution >= 0.6 is 0 Å². The van der Waals surface area contributed by atoms with Crippen molar-refractivity contribution in [3.05, 3.63) is 18.2 Å². The highest BCUT2D eigenvalue weighted by molar-refractivity contribution is 5.20. The van der Waals surface area contributed by atoms with Crippen LogP contribution in [-0.4, -0.2) is 30.3 Å². The topological polar surface area (TPSA) is 43.4 Å². The van der Waals surface area contributed by atoms with Gasteiger partial charge in [-0.05, 0) is 25.7 Å². The molecule has 1 aromatic rings. The van der Waals surface area contributed by atoms with Crippen LogP contribution in [0.1, 0.15) is 25.7 Å². The molecule has 3 rings (SSSR count). The molecule has 2 aliphatic heterocycles. The normalized spacial score (nSPS) is 31.2. The van der Waals surface area contributed by atoms with E-state index >= 15 is 0 Å². The summed E-state index contributed by atoms with van der Waals surface area (Å²) in [5, 5.41) is 3.60. The molecule has 2 atom stereocenters. The molecule has 0 saturated carbocycles. The second-order valence-corrected chi connectivity index (χ2v) is 4.87. The number of pyridine rings is 1. The number of hydrogen-bond acceptors (Lipinski definition) is 4. The largest absolute Gasteiger partial charge is 0.481 e. The fourth-order valence-corrected chi connectivity index (χ4v) is 2.85. The van der Waals surface area contributed by atoms with Crippen LogP contribution in [0.5, 0.6) is 11.8 Å². The van der Waals surface area contributed by atoms with Crippen molar-refractivity contribution in [1.82, 2.24) is 10.3 Å². The number of methoxy groups -OCH3 is 1. The first-order chi connectivity index (χ1) is 8.33. The Morgan fingerprint density at radius 3 is 2.59 bits per heavy atom. The van der Waals surface area contributed by atoms with E-state index in [-0.39, 0.29) is 0 Å². The highest BCUT2D eigenvalue weighted by Gasteiger charge is 2.34. The minimum Gasteiger partial charge on any atom is -0.481 e. The average molecular weight is 234 g/mol. The van der Waals surface area contributed by atoms with E-state index in [1.807, 2.05) is 18.2 Å². The Morgan fingerprint density at radius 1 is 1.18 bits per heavy atom. The van der Waals surface area contributed by atoms with E-state index < -0.39 is 0 Å². The second-order valence-electron chi connectivity index (χ2n) is 4.87. The van der Waals surface area contributed by atoms with Crippen LogP contribution in [0.2, 0.25) is 0 Å². The molecule has 2 fully saturated rings. The van der Waals surface area contributed by atoms with E-state index in [0.717, 1.165) is 12.8 Å². The zero-order chi connectivity index (χ0) is 11.7. The Kier molecular flexibility index (Phi) is 2.89. The predicted molar refractivity (Wildman–Crippen MR) is 64.4 cm³/mol. The Labute approximate surface area is 101 Å². The molecular formula is C13H18N2O2. The monoisotopic (exact) mass is 234 g/mol. The van der Waals surface area contributed by atoms with Crippen molar-refractivity contribution >= 4 is 0 Å². The number of aromatic nitrogens is 1. The molecule has 0 aliphatic carbocycles. The van der Waals surface area contributed by atoms with Gasteiger partial charge in [0.1, 0.15) is 6.10 Å². The molecule has 1 N–H and O–H groups in total. The van der Waals surface area contributed by atoms with Crippen LogP contribution < -0.4 is 14.8 Å². The molecule has 1 aromatic heterocycles. The second kappa shape index (κ2) is 4.53. The van der Waals surface area contributed by atoms with Crippen LogP contribution in [0.15, 0.2) is 18.2 Å². The van der Waals surface area contributed by atoms with Crippen LogP contribution in [0.4, 0.5) is 0 Å². The van der Waals surface area contributed by atoms with Crippen molar-refractivity contribution in [3.63, 3.8) is 0 Å². The van der Waals surface area contributed by atoms with Gasteiger partial charge in [0.2, 0.25) is 11.8 Å². The molecule has 2 bridgehead atoms. The maximum atomic E-state index is 5.95. The molecule has 17 heavy (non-hydrogen) atoms. The third-order valence-electron chi connectivity index (χ3n) is 3.62. The van der Waals surface area contributed by atoms with Crippen molar-refractivity contribution < 1.29 is 9.47 Å². The zero-order valence-electron chi connectivity index (χ0n) is 10.1. The minimum atomic E-state index is 0.299. The number of rotatable bonds is 3. The molecule has 4 nitrogen and oxygen atoms in total. The zero-order valence-corrected chi connectivity index (χ0v) is 10.1. The van der Waals surface area contributed by atoms with Crippen LogP contribution in [0.3, 0.4) is 0 Å². The van der Waals surface area contributed by atoms with E-state index in [2.05, 4.69) is 10.3 Å². The lowest BCUT2D eigenvalue weighted by molar-refractivity contribution is 0.131. The summed E-state index contributed by atoms with van der Waals surface area (Å²) in [6.45, 7) is 0. The molecular weight excluding hydrogens is 216 g/mol. The Balaban J connectivity index is 1.66. The summed E-state index contributed by atoms with van der Waals surface area (Å²) in [6, 6.07) is 6.93. The minimum absolute atomic E-state index is 0.299. The number of piperidine rings is 1. The highest BCUT2D eigenvalue weighted by Crippen LogP contribution is 2.29. The first kappa shape index (κ1) is 10.8. The third kappa shape index (κ3) is 2.36. The van der Waals surface area contributed by atoms with Gasteiger partial charge in [-0.2, -0.15) is 4.98 Å². The number of fused-ring (bicyclic) bond motifs is 2. The molecule has 0 radical (unpaired) electrons. The quantitative estimate of drug-likeness (QED) is 0.865. The van der Waals surface area contributed by atoms with E-state index in [1.165, 1.54) is 12.8 Å². The molecule has 2 saturated heterocycles. The number of nitrogens with zero attached hydrogens (tertiary/aromatic N) is 1. The summed E-state index contributed by atoms with van der Waals surface area (Å²) in [7, 11) is 1.62. The van der Waals surface area contributed by atoms with Crippen LogP contribution in [-0.2, 0) is 0 Å². The molecule has 4 heteroatoms. The van der Waals surface area contributed by atoms with E-state index in [1.54, 1.807) is 7.11 Å². The van der Waals surface area contributed by atoms with Gasteiger partial charge in [0.05, 0.1) is 7.11 Å². The SMILES string of the molecule is COc1cccc(OC2CC3CCC(C2)N3)n1. The molecule has 0 aromatic carbocycles. The van der Waals surface area contributed by atoms with Gasteiger partial charge in [-0.3, -0.25) is 0 Å². The molecule has 2 aliphatic rings. The Bertz CT molecular complexity index is 385. The fourth-order valence-electron chi connectivity index (χ4n) is 2.85. The van der Waals surface area contributed by atoms with Gasteiger partial charge in [-0.15, -0.1) is 0 Å². The van der Waals surface area contributed by atoms with E-state index in [4.69, 9.17) is 9.47 Å². The van der Waals surface area contributed by atoms with Gasteiger partial charge in [0.25, 0.3) is 0 Å². The van der Waals surface area contributed by atoms with Crippen molar-refractivity contribution in [1.29, 1.82) is 0 Å². The number of ether oxygens (including phenoxy) is 2. The van der Waals surface area contributed by atoms with Crippen molar-refractivity contribution in [2.45, 2.75) is 43.9 Å². The van der Waals surface area contributed by atoms with Gasteiger partial charge >= 0.3 is 0 Å². The lowest BCUT2D eigenvalue weighted by Crippen LogP contribution is -2.42. The smallest absolute Gasteiger partial charge is 0.216 e. The first-order valence-corrected chi connectivity index (χ1v) is 6.27. The summed E-state index contributed by atoms with van der Waals surface area (Å²) < 4.78 is 11.0. The lowest BCUT2D eigenvalue weighted by atomic mass is 10.0. The summed E-state index contributed by atoms with van der Waals surface area (Å²) in [4.78, 5) is 4.29. The summed E-state index contributed by atoms with van der Waals surface area (Å²) in [6.07, 6.45) is 5.06. The first-order valence-electron chi connectivity index (χ1n) is 6.27. The summed E-state index contributed by atoms with van der Waals surface area (Å²) in [5.74, 6) is 1.29. The molecule has 92 valence electrons. The van der Waals surface area contributed by atoms with E-state index in [0.29, 0.717) is 29.9 Å². The van der Waals surface area contributed by atoms with Crippen molar-refractivity contribution in [3.8, 4) is 11.8 Å². The molecule has 3 heterocycles. The van der Waals surface area contributed by atoms with Gasteiger partial charge in [-0.1, -0.05) is 6.07 Å². The fraction of sp³-hybridized carbons (Fsp3) is 0.615. The average Bonchev–Trinajstić information content (AvgIpc) is 2.69.